The lowest BCUT2D eigenvalue weighted by Crippen LogP contribution is -2.40. The maximum Gasteiger partial charge on any atom is 0.250 e. The molecule has 1 saturated heterocycles. The van der Waals surface area contributed by atoms with Crippen LogP contribution >= 0.6 is 0 Å². The maximum atomic E-state index is 13.3. The number of ketones is 1. The monoisotopic (exact) mass is 432 g/mol. The fourth-order valence-electron chi connectivity index (χ4n) is 2.52. The Kier molecular flexibility index (Phi) is 14.2. The minimum atomic E-state index is -2.56. The van der Waals surface area contributed by atoms with Crippen molar-refractivity contribution in [3.63, 3.8) is 0 Å². The molecule has 0 bridgehead atoms. The van der Waals surface area contributed by atoms with E-state index in [4.69, 9.17) is 0 Å². The standard InChI is InChI=1S/C18H26F2N2O.C8H12/c1-5-6-7-8-14(2)17(21-15(3)16(4)23)13-22-11-9-18(19,20)10-12-22;1-4-5-6-7-8(2)3/h5-8H,9-13H2,1-4H3;4-7H,2H2,1,3H3/b6-5-,8-7-,17-14+,21-15?;5-4-,7-6-. The largest absolute Gasteiger partial charge is 0.297 e. The van der Waals surface area contributed by atoms with Gasteiger partial charge in [0.15, 0.2) is 5.78 Å². The van der Waals surface area contributed by atoms with Crippen molar-refractivity contribution in [1.29, 1.82) is 0 Å². The van der Waals surface area contributed by atoms with Gasteiger partial charge in [0.2, 0.25) is 0 Å². The zero-order valence-corrected chi connectivity index (χ0v) is 19.9. The molecule has 0 aromatic carbocycles. The minimum absolute atomic E-state index is 0.0853. The molecule has 0 amide bonds. The Morgan fingerprint density at radius 1 is 0.968 bits per heavy atom. The molecular formula is C26H38F2N2O. The van der Waals surface area contributed by atoms with E-state index < -0.39 is 5.92 Å². The van der Waals surface area contributed by atoms with Gasteiger partial charge in [-0.2, -0.15) is 0 Å². The molecule has 172 valence electrons. The highest BCUT2D eigenvalue weighted by molar-refractivity contribution is 6.38. The summed E-state index contributed by atoms with van der Waals surface area (Å²) in [6, 6.07) is 0. The molecule has 0 aromatic heterocycles. The second kappa shape index (κ2) is 15.4. The lowest BCUT2D eigenvalue weighted by atomic mass is 10.1. The van der Waals surface area contributed by atoms with Gasteiger partial charge >= 0.3 is 0 Å². The van der Waals surface area contributed by atoms with Gasteiger partial charge in [-0.05, 0) is 40.2 Å². The number of aliphatic imine (C=N–C) groups is 1. The molecule has 1 aliphatic rings. The van der Waals surface area contributed by atoms with Crippen molar-refractivity contribution in [3.05, 3.63) is 72.0 Å². The van der Waals surface area contributed by atoms with Crippen molar-refractivity contribution in [2.24, 2.45) is 4.99 Å². The van der Waals surface area contributed by atoms with Crippen LogP contribution in [0, 0.1) is 0 Å². The van der Waals surface area contributed by atoms with E-state index in [0.29, 0.717) is 25.3 Å². The fraction of sp³-hybridized carbons (Fsp3) is 0.462. The van der Waals surface area contributed by atoms with Crippen LogP contribution < -0.4 is 0 Å². The lowest BCUT2D eigenvalue weighted by Gasteiger charge is -2.31. The predicted octanol–water partition coefficient (Wildman–Crippen LogP) is 6.87. The molecule has 1 fully saturated rings. The first-order valence-corrected chi connectivity index (χ1v) is 10.6. The summed E-state index contributed by atoms with van der Waals surface area (Å²) in [4.78, 5) is 17.8. The summed E-state index contributed by atoms with van der Waals surface area (Å²) in [5.74, 6) is -2.64. The van der Waals surface area contributed by atoms with Crippen LogP contribution in [0.15, 0.2) is 77.0 Å². The number of nitrogens with zero attached hydrogens (tertiary/aromatic N) is 2. The van der Waals surface area contributed by atoms with Crippen LogP contribution in [0.5, 0.6) is 0 Å². The van der Waals surface area contributed by atoms with Crippen molar-refractivity contribution in [3.8, 4) is 0 Å². The first-order chi connectivity index (χ1) is 14.5. The van der Waals surface area contributed by atoms with E-state index >= 15 is 0 Å². The highest BCUT2D eigenvalue weighted by atomic mass is 19.3. The van der Waals surface area contributed by atoms with Crippen molar-refractivity contribution in [2.45, 2.75) is 60.3 Å². The number of alkyl halides is 2. The Bertz CT molecular complexity index is 758. The van der Waals surface area contributed by atoms with Crippen molar-refractivity contribution in [1.82, 2.24) is 4.90 Å². The normalized spacial score (nSPS) is 18.5. The third kappa shape index (κ3) is 14.3. The van der Waals surface area contributed by atoms with Crippen LogP contribution in [-0.4, -0.2) is 42.0 Å². The quantitative estimate of drug-likeness (QED) is 0.310. The number of carbonyl (C=O) groups is 1. The summed E-state index contributed by atoms with van der Waals surface area (Å²) < 4.78 is 26.5. The first-order valence-electron chi connectivity index (χ1n) is 10.6. The second-order valence-corrected chi connectivity index (χ2v) is 7.63. The number of hydrogen-bond donors (Lipinski definition) is 0. The molecule has 0 saturated carbocycles. The molecule has 1 aliphatic heterocycles. The molecule has 0 N–H and O–H groups in total. The predicted molar refractivity (Wildman–Crippen MR) is 130 cm³/mol. The van der Waals surface area contributed by atoms with Gasteiger partial charge in [0.05, 0.1) is 11.4 Å². The summed E-state index contributed by atoms with van der Waals surface area (Å²) in [7, 11) is 0. The topological polar surface area (TPSA) is 32.7 Å². The second-order valence-electron chi connectivity index (χ2n) is 7.63. The van der Waals surface area contributed by atoms with Gasteiger partial charge in [-0.3, -0.25) is 14.7 Å². The Morgan fingerprint density at radius 2 is 1.48 bits per heavy atom. The summed E-state index contributed by atoms with van der Waals surface area (Å²) >= 11 is 0. The van der Waals surface area contributed by atoms with Gasteiger partial charge in [0.25, 0.3) is 5.92 Å². The summed E-state index contributed by atoms with van der Waals surface area (Å²) in [6.45, 7) is 15.8. The highest BCUT2D eigenvalue weighted by Gasteiger charge is 2.34. The van der Waals surface area contributed by atoms with Crippen LogP contribution in [0.4, 0.5) is 8.78 Å². The number of likely N-dealkylation sites (tertiary alicyclic amines) is 1. The third-order valence-electron chi connectivity index (χ3n) is 4.56. The van der Waals surface area contributed by atoms with E-state index in [-0.39, 0.29) is 18.6 Å². The van der Waals surface area contributed by atoms with E-state index in [1.807, 2.05) is 81.2 Å². The van der Waals surface area contributed by atoms with E-state index in [0.717, 1.165) is 16.8 Å². The number of carbonyl (C=O) groups excluding carboxylic acids is 1. The average Bonchev–Trinajstić information content (AvgIpc) is 2.69. The molecule has 0 aromatic rings. The van der Waals surface area contributed by atoms with Crippen molar-refractivity contribution in [2.75, 3.05) is 19.6 Å². The number of piperidine rings is 1. The molecule has 0 atom stereocenters. The zero-order valence-electron chi connectivity index (χ0n) is 19.9. The van der Waals surface area contributed by atoms with E-state index in [1.54, 1.807) is 6.92 Å². The molecule has 0 radical (unpaired) electrons. The van der Waals surface area contributed by atoms with Gasteiger partial charge in [-0.1, -0.05) is 60.8 Å². The molecule has 31 heavy (non-hydrogen) atoms. The van der Waals surface area contributed by atoms with Gasteiger partial charge in [0, 0.05) is 39.4 Å². The van der Waals surface area contributed by atoms with E-state index in [1.165, 1.54) is 6.92 Å². The maximum absolute atomic E-state index is 13.3. The average molecular weight is 433 g/mol. The molecular weight excluding hydrogens is 394 g/mol. The number of allylic oxidation sites excluding steroid dienone is 10. The first kappa shape index (κ1) is 28.6. The number of hydrogen-bond acceptors (Lipinski definition) is 3. The van der Waals surface area contributed by atoms with Crippen LogP contribution in [0.1, 0.15) is 54.4 Å². The van der Waals surface area contributed by atoms with Gasteiger partial charge in [-0.15, -0.1) is 0 Å². The number of halogens is 2. The Balaban J connectivity index is 0.000000954. The summed E-state index contributed by atoms with van der Waals surface area (Å²) in [5.41, 5.74) is 3.20. The van der Waals surface area contributed by atoms with E-state index in [9.17, 15) is 13.6 Å². The fourth-order valence-corrected chi connectivity index (χ4v) is 2.52. The number of Topliss-reactive ketones (excluding diaryl/α,β-unsaturated/α-hetero) is 1. The zero-order chi connectivity index (χ0) is 23.9. The Morgan fingerprint density at radius 3 is 1.94 bits per heavy atom. The molecule has 3 nitrogen and oxygen atoms in total. The van der Waals surface area contributed by atoms with Crippen LogP contribution in [0.3, 0.4) is 0 Å². The molecule has 0 spiro atoms. The third-order valence-corrected chi connectivity index (χ3v) is 4.56. The molecule has 1 heterocycles. The van der Waals surface area contributed by atoms with Crippen LogP contribution in [0.25, 0.3) is 0 Å². The van der Waals surface area contributed by atoms with Crippen LogP contribution in [-0.2, 0) is 4.79 Å². The lowest BCUT2D eigenvalue weighted by molar-refractivity contribution is -0.111. The Hall–Kier alpha value is -2.40. The molecule has 1 rings (SSSR count). The summed E-state index contributed by atoms with van der Waals surface area (Å²) in [5, 5.41) is 0. The summed E-state index contributed by atoms with van der Waals surface area (Å²) in [6.07, 6.45) is 15.3. The van der Waals surface area contributed by atoms with E-state index in [2.05, 4.69) is 11.6 Å². The van der Waals surface area contributed by atoms with Crippen molar-refractivity contribution >= 4 is 11.5 Å². The molecule has 0 aliphatic carbocycles. The smallest absolute Gasteiger partial charge is 0.250 e. The van der Waals surface area contributed by atoms with Gasteiger partial charge in [-0.25, -0.2) is 8.78 Å². The van der Waals surface area contributed by atoms with Gasteiger partial charge < -0.3 is 0 Å². The highest BCUT2D eigenvalue weighted by Crippen LogP contribution is 2.28. The van der Waals surface area contributed by atoms with Crippen molar-refractivity contribution < 1.29 is 13.6 Å². The Labute approximate surface area is 187 Å². The van der Waals surface area contributed by atoms with Crippen LogP contribution in [0.2, 0.25) is 0 Å². The SMILES string of the molecule is C=C(C)/C=C\C=C/C.C\C=C/C=C\C(C)=C(/CN1CCC(F)(F)CC1)N=C(C)C(C)=O. The number of rotatable bonds is 8. The molecule has 5 heteroatoms. The molecule has 0 unspecified atom stereocenters. The van der Waals surface area contributed by atoms with Gasteiger partial charge in [0.1, 0.15) is 0 Å². The minimum Gasteiger partial charge on any atom is -0.297 e.